The molecule has 0 aliphatic heterocycles. The van der Waals surface area contributed by atoms with Gasteiger partial charge < -0.3 is 15.0 Å². The van der Waals surface area contributed by atoms with Crippen molar-refractivity contribution in [2.24, 2.45) is 0 Å². The van der Waals surface area contributed by atoms with E-state index < -0.39 is 0 Å². The van der Waals surface area contributed by atoms with Crippen LogP contribution in [0.5, 0.6) is 5.75 Å². The Morgan fingerprint density at radius 2 is 1.65 bits per heavy atom. The van der Waals surface area contributed by atoms with Crippen molar-refractivity contribution in [1.29, 1.82) is 0 Å². The van der Waals surface area contributed by atoms with Gasteiger partial charge in [-0.3, -0.25) is 14.4 Å². The Kier molecular flexibility index (Phi) is 6.74. The fourth-order valence-corrected chi connectivity index (χ4v) is 2.20. The summed E-state index contributed by atoms with van der Waals surface area (Å²) in [4.78, 5) is 36.5. The van der Waals surface area contributed by atoms with E-state index in [1.54, 1.807) is 48.5 Å². The van der Waals surface area contributed by atoms with Gasteiger partial charge in [-0.05, 0) is 55.5 Å². The summed E-state index contributed by atoms with van der Waals surface area (Å²) in [5, 5.41) is 3.25. The first-order chi connectivity index (χ1) is 12.3. The Bertz CT molecular complexity index is 788. The summed E-state index contributed by atoms with van der Waals surface area (Å²) in [5.41, 5.74) is 1.17. The van der Waals surface area contributed by atoms with Crippen LogP contribution in [0.2, 0.25) is 5.02 Å². The van der Waals surface area contributed by atoms with E-state index in [2.05, 4.69) is 5.32 Å². The second-order valence-corrected chi connectivity index (χ2v) is 6.11. The van der Waals surface area contributed by atoms with Gasteiger partial charge in [-0.25, -0.2) is 0 Å². The quantitative estimate of drug-likeness (QED) is 0.756. The molecular weight excluding hydrogens is 356 g/mol. The van der Waals surface area contributed by atoms with Crippen LogP contribution < -0.4 is 10.1 Å². The zero-order valence-corrected chi connectivity index (χ0v) is 15.2. The number of carbonyl (C=O) groups excluding carboxylic acids is 3. The highest BCUT2D eigenvalue weighted by Gasteiger charge is 2.14. The molecule has 0 fully saturated rings. The number of rotatable bonds is 7. The van der Waals surface area contributed by atoms with Crippen LogP contribution in [0.25, 0.3) is 0 Å². The molecule has 2 rings (SSSR count). The molecule has 0 aliphatic carbocycles. The van der Waals surface area contributed by atoms with E-state index in [1.807, 2.05) is 0 Å². The lowest BCUT2D eigenvalue weighted by molar-refractivity contribution is -0.135. The summed E-state index contributed by atoms with van der Waals surface area (Å²) in [6, 6.07) is 13.2. The number of amides is 2. The van der Waals surface area contributed by atoms with Crippen LogP contribution in [0.3, 0.4) is 0 Å². The topological polar surface area (TPSA) is 75.7 Å². The van der Waals surface area contributed by atoms with Gasteiger partial charge >= 0.3 is 0 Å². The van der Waals surface area contributed by atoms with Gasteiger partial charge in [-0.15, -0.1) is 0 Å². The number of nitrogens with zero attached hydrogens (tertiary/aromatic N) is 1. The molecule has 0 bridgehead atoms. The first kappa shape index (κ1) is 19.5. The van der Waals surface area contributed by atoms with E-state index in [9.17, 15) is 14.4 Å². The molecule has 1 N–H and O–H groups in total. The molecule has 0 saturated heterocycles. The maximum atomic E-state index is 12.1. The number of ketones is 1. The molecule has 2 aromatic rings. The first-order valence-electron chi connectivity index (χ1n) is 7.88. The number of hydrogen-bond donors (Lipinski definition) is 1. The SMILES string of the molecule is CC(=O)c1ccc(OCC(=O)N(C)CC(=O)Nc2ccc(Cl)cc2)cc1. The number of benzene rings is 2. The number of hydrogen-bond acceptors (Lipinski definition) is 4. The van der Waals surface area contributed by atoms with Crippen molar-refractivity contribution in [1.82, 2.24) is 4.90 Å². The molecule has 2 amide bonds. The predicted octanol–water partition coefficient (Wildman–Crippen LogP) is 3.02. The Hall–Kier alpha value is -2.86. The first-order valence-corrected chi connectivity index (χ1v) is 8.26. The molecule has 2 aromatic carbocycles. The van der Waals surface area contributed by atoms with E-state index >= 15 is 0 Å². The third-order valence-corrected chi connectivity index (χ3v) is 3.81. The van der Waals surface area contributed by atoms with Crippen molar-refractivity contribution < 1.29 is 19.1 Å². The summed E-state index contributed by atoms with van der Waals surface area (Å²) >= 11 is 5.79. The van der Waals surface area contributed by atoms with Crippen LogP contribution in [-0.2, 0) is 9.59 Å². The summed E-state index contributed by atoms with van der Waals surface area (Å²) in [7, 11) is 1.52. The third kappa shape index (κ3) is 5.89. The fraction of sp³-hybridized carbons (Fsp3) is 0.211. The van der Waals surface area contributed by atoms with Crippen LogP contribution in [-0.4, -0.2) is 42.7 Å². The number of halogens is 1. The average Bonchev–Trinajstić information content (AvgIpc) is 2.61. The molecule has 0 spiro atoms. The van der Waals surface area contributed by atoms with Gasteiger partial charge in [0.05, 0.1) is 6.54 Å². The maximum Gasteiger partial charge on any atom is 0.260 e. The Labute approximate surface area is 156 Å². The summed E-state index contributed by atoms with van der Waals surface area (Å²) in [6.45, 7) is 1.17. The van der Waals surface area contributed by atoms with Crippen LogP contribution in [0.4, 0.5) is 5.69 Å². The molecule has 6 nitrogen and oxygen atoms in total. The molecule has 0 saturated carbocycles. The van der Waals surface area contributed by atoms with Crippen LogP contribution in [0.1, 0.15) is 17.3 Å². The summed E-state index contributed by atoms with van der Waals surface area (Å²) < 4.78 is 5.39. The van der Waals surface area contributed by atoms with Gasteiger partial charge in [0.2, 0.25) is 5.91 Å². The number of anilines is 1. The normalized spacial score (nSPS) is 10.1. The second-order valence-electron chi connectivity index (χ2n) is 5.67. The summed E-state index contributed by atoms with van der Waals surface area (Å²) in [5.74, 6) is -0.234. The van der Waals surface area contributed by atoms with Crippen molar-refractivity contribution >= 4 is 34.9 Å². The van der Waals surface area contributed by atoms with Crippen molar-refractivity contribution in [3.05, 3.63) is 59.1 Å². The lowest BCUT2D eigenvalue weighted by atomic mass is 10.1. The van der Waals surface area contributed by atoms with Gasteiger partial charge in [-0.1, -0.05) is 11.6 Å². The number of carbonyl (C=O) groups is 3. The van der Waals surface area contributed by atoms with E-state index in [4.69, 9.17) is 16.3 Å². The number of nitrogens with one attached hydrogen (secondary N) is 1. The predicted molar refractivity (Wildman–Crippen MR) is 99.7 cm³/mol. The largest absolute Gasteiger partial charge is 0.484 e. The Balaban J connectivity index is 1.80. The number of ether oxygens (including phenoxy) is 1. The molecule has 0 atom stereocenters. The molecule has 0 heterocycles. The minimum Gasteiger partial charge on any atom is -0.484 e. The number of Topliss-reactive ketones (excluding diaryl/α,β-unsaturated/α-hetero) is 1. The highest BCUT2D eigenvalue weighted by molar-refractivity contribution is 6.30. The molecule has 0 aromatic heterocycles. The number of likely N-dealkylation sites (N-methyl/N-ethyl adjacent to an activating group) is 1. The second kappa shape index (κ2) is 9.01. The molecule has 0 radical (unpaired) electrons. The zero-order valence-electron chi connectivity index (χ0n) is 14.5. The van der Waals surface area contributed by atoms with Gasteiger partial charge in [0.1, 0.15) is 5.75 Å². The molecule has 26 heavy (non-hydrogen) atoms. The monoisotopic (exact) mass is 374 g/mol. The molecule has 0 aliphatic rings. The van der Waals surface area contributed by atoms with Gasteiger partial charge in [0.25, 0.3) is 5.91 Å². The van der Waals surface area contributed by atoms with Crippen molar-refractivity contribution in [2.75, 3.05) is 25.5 Å². The Morgan fingerprint density at radius 1 is 1.04 bits per heavy atom. The highest BCUT2D eigenvalue weighted by atomic mass is 35.5. The highest BCUT2D eigenvalue weighted by Crippen LogP contribution is 2.14. The van der Waals surface area contributed by atoms with Crippen LogP contribution >= 0.6 is 11.6 Å². The van der Waals surface area contributed by atoms with Gasteiger partial charge in [0.15, 0.2) is 12.4 Å². The molecular formula is C19H19ClN2O4. The zero-order chi connectivity index (χ0) is 19.1. The minimum atomic E-state index is -0.341. The fourth-order valence-electron chi connectivity index (χ4n) is 2.08. The maximum absolute atomic E-state index is 12.1. The van der Waals surface area contributed by atoms with E-state index in [0.29, 0.717) is 22.0 Å². The smallest absolute Gasteiger partial charge is 0.260 e. The van der Waals surface area contributed by atoms with Crippen molar-refractivity contribution in [2.45, 2.75) is 6.92 Å². The lowest BCUT2D eigenvalue weighted by Gasteiger charge is -2.17. The minimum absolute atomic E-state index is 0.0425. The molecule has 7 heteroatoms. The van der Waals surface area contributed by atoms with E-state index in [-0.39, 0.29) is 30.7 Å². The van der Waals surface area contributed by atoms with Crippen LogP contribution in [0.15, 0.2) is 48.5 Å². The van der Waals surface area contributed by atoms with Gasteiger partial charge in [-0.2, -0.15) is 0 Å². The van der Waals surface area contributed by atoms with E-state index in [0.717, 1.165) is 0 Å². The standard InChI is InChI=1S/C19H19ClN2O4/c1-13(23)14-3-9-17(10-4-14)26-12-19(25)22(2)11-18(24)21-16-7-5-15(20)6-8-16/h3-10H,11-12H2,1-2H3,(H,21,24). The van der Waals surface area contributed by atoms with Crippen molar-refractivity contribution in [3.63, 3.8) is 0 Å². The average molecular weight is 375 g/mol. The van der Waals surface area contributed by atoms with Gasteiger partial charge in [0, 0.05) is 23.3 Å². The van der Waals surface area contributed by atoms with Crippen molar-refractivity contribution in [3.8, 4) is 5.75 Å². The Morgan fingerprint density at radius 3 is 2.23 bits per heavy atom. The molecule has 136 valence electrons. The molecule has 0 unspecified atom stereocenters. The lowest BCUT2D eigenvalue weighted by Crippen LogP contribution is -2.37. The van der Waals surface area contributed by atoms with Crippen LogP contribution in [0, 0.1) is 0 Å². The third-order valence-electron chi connectivity index (χ3n) is 3.56. The van der Waals surface area contributed by atoms with E-state index in [1.165, 1.54) is 18.9 Å². The summed E-state index contributed by atoms with van der Waals surface area (Å²) in [6.07, 6.45) is 0.